The van der Waals surface area contributed by atoms with Crippen molar-refractivity contribution >= 4 is 17.1 Å². The molecule has 0 saturated heterocycles. The van der Waals surface area contributed by atoms with Gasteiger partial charge >= 0.3 is 0 Å². The Bertz CT molecular complexity index is 623. The van der Waals surface area contributed by atoms with Crippen LogP contribution in [0.1, 0.15) is 48.0 Å². The van der Waals surface area contributed by atoms with E-state index in [1.807, 2.05) is 12.3 Å². The molecule has 3 rings (SSSR count). The fourth-order valence-corrected chi connectivity index (χ4v) is 4.16. The molecule has 0 unspecified atom stereocenters. The summed E-state index contributed by atoms with van der Waals surface area (Å²) in [7, 11) is 0. The number of thiophene rings is 1. The summed E-state index contributed by atoms with van der Waals surface area (Å²) in [6, 6.07) is 1.98. The summed E-state index contributed by atoms with van der Waals surface area (Å²) in [5.41, 5.74) is 3.23. The molecule has 1 N–H and O–H groups in total. The summed E-state index contributed by atoms with van der Waals surface area (Å²) in [5, 5.41) is 7.16. The number of H-pyrrole nitrogens is 1. The number of hydrogen-bond acceptors (Lipinski definition) is 3. The zero-order chi connectivity index (χ0) is 13.6. The number of fused-ring (bicyclic) bond motifs is 1. The standard InChI is InChI=1S/C15H18N2OS/c1-4-12-13-9(7-15(2,3)8-11(13)18)14(19-12)10-5-6-16-17-10/h5-6H,4,7-8H2,1-3H3,(H,16,17). The van der Waals surface area contributed by atoms with Gasteiger partial charge in [0.1, 0.15) is 5.69 Å². The highest BCUT2D eigenvalue weighted by Gasteiger charge is 2.36. The van der Waals surface area contributed by atoms with E-state index < -0.39 is 0 Å². The largest absolute Gasteiger partial charge is 0.294 e. The number of nitrogens with one attached hydrogen (secondary N) is 1. The number of aryl methyl sites for hydroxylation is 1. The monoisotopic (exact) mass is 274 g/mol. The van der Waals surface area contributed by atoms with E-state index in [1.54, 1.807) is 11.3 Å². The molecule has 0 radical (unpaired) electrons. The van der Waals surface area contributed by atoms with Crippen molar-refractivity contribution in [1.82, 2.24) is 10.2 Å². The van der Waals surface area contributed by atoms with Gasteiger partial charge in [0.15, 0.2) is 5.78 Å². The van der Waals surface area contributed by atoms with Gasteiger partial charge in [0.25, 0.3) is 0 Å². The summed E-state index contributed by atoms with van der Waals surface area (Å²) < 4.78 is 0. The van der Waals surface area contributed by atoms with E-state index in [1.165, 1.54) is 15.3 Å². The van der Waals surface area contributed by atoms with Crippen LogP contribution in [0.3, 0.4) is 0 Å². The minimum Gasteiger partial charge on any atom is -0.294 e. The van der Waals surface area contributed by atoms with Gasteiger partial charge in [-0.25, -0.2) is 0 Å². The van der Waals surface area contributed by atoms with Crippen molar-refractivity contribution in [2.75, 3.05) is 0 Å². The molecule has 1 aliphatic rings. The number of hydrogen-bond donors (Lipinski definition) is 1. The third kappa shape index (κ3) is 2.04. The first-order valence-electron chi connectivity index (χ1n) is 6.70. The molecule has 19 heavy (non-hydrogen) atoms. The van der Waals surface area contributed by atoms with Crippen molar-refractivity contribution in [2.45, 2.75) is 40.0 Å². The Morgan fingerprint density at radius 3 is 2.84 bits per heavy atom. The molecule has 1 aliphatic carbocycles. The number of aromatic amines is 1. The van der Waals surface area contributed by atoms with Crippen LogP contribution in [-0.4, -0.2) is 16.0 Å². The van der Waals surface area contributed by atoms with Crippen LogP contribution < -0.4 is 0 Å². The second kappa shape index (κ2) is 4.30. The fourth-order valence-electron chi connectivity index (χ4n) is 2.92. The smallest absolute Gasteiger partial charge is 0.164 e. The van der Waals surface area contributed by atoms with Crippen molar-refractivity contribution in [2.24, 2.45) is 5.41 Å². The van der Waals surface area contributed by atoms with Gasteiger partial charge in [-0.05, 0) is 29.9 Å². The quantitative estimate of drug-likeness (QED) is 0.904. The predicted molar refractivity (Wildman–Crippen MR) is 77.7 cm³/mol. The minimum absolute atomic E-state index is 0.0568. The number of Topliss-reactive ketones (excluding diaryl/α,β-unsaturated/α-hetero) is 1. The lowest BCUT2D eigenvalue weighted by molar-refractivity contribution is 0.0912. The molecule has 2 aromatic rings. The zero-order valence-electron chi connectivity index (χ0n) is 11.5. The molecular formula is C15H18N2OS. The molecule has 0 atom stereocenters. The molecule has 100 valence electrons. The van der Waals surface area contributed by atoms with Crippen molar-refractivity contribution < 1.29 is 4.79 Å². The molecule has 0 amide bonds. The number of nitrogens with zero attached hydrogens (tertiary/aromatic N) is 1. The molecule has 0 saturated carbocycles. The molecule has 2 heterocycles. The highest BCUT2D eigenvalue weighted by atomic mass is 32.1. The van der Waals surface area contributed by atoms with Crippen LogP contribution in [0.5, 0.6) is 0 Å². The average molecular weight is 274 g/mol. The van der Waals surface area contributed by atoms with Gasteiger partial charge in [-0.15, -0.1) is 11.3 Å². The van der Waals surface area contributed by atoms with Gasteiger partial charge in [-0.3, -0.25) is 9.89 Å². The lowest BCUT2D eigenvalue weighted by Crippen LogP contribution is -2.26. The Hall–Kier alpha value is -1.42. The topological polar surface area (TPSA) is 45.8 Å². The highest BCUT2D eigenvalue weighted by Crippen LogP contribution is 2.45. The second-order valence-corrected chi connectivity index (χ2v) is 7.07. The van der Waals surface area contributed by atoms with Crippen LogP contribution in [0, 0.1) is 5.41 Å². The molecule has 0 spiro atoms. The van der Waals surface area contributed by atoms with Crippen LogP contribution in [0.2, 0.25) is 0 Å². The summed E-state index contributed by atoms with van der Waals surface area (Å²) in [6.07, 6.45) is 4.38. The summed E-state index contributed by atoms with van der Waals surface area (Å²) >= 11 is 1.73. The molecule has 0 aromatic carbocycles. The fraction of sp³-hybridized carbons (Fsp3) is 0.467. The van der Waals surface area contributed by atoms with Gasteiger partial charge in [0.05, 0.1) is 4.88 Å². The highest BCUT2D eigenvalue weighted by molar-refractivity contribution is 7.16. The van der Waals surface area contributed by atoms with Crippen LogP contribution in [0.25, 0.3) is 10.6 Å². The lowest BCUT2D eigenvalue weighted by Gasteiger charge is -2.29. The van der Waals surface area contributed by atoms with Crippen molar-refractivity contribution in [1.29, 1.82) is 0 Å². The van der Waals surface area contributed by atoms with Gasteiger partial charge in [0.2, 0.25) is 0 Å². The predicted octanol–water partition coefficient (Wildman–Crippen LogP) is 3.86. The molecule has 0 bridgehead atoms. The maximum atomic E-state index is 12.4. The van der Waals surface area contributed by atoms with E-state index in [-0.39, 0.29) is 5.41 Å². The SMILES string of the molecule is CCc1sc(-c2cc[nH]n2)c2c1C(=O)CC(C)(C)C2. The third-order valence-corrected chi connectivity index (χ3v) is 5.11. The Morgan fingerprint density at radius 1 is 1.42 bits per heavy atom. The van der Waals surface area contributed by atoms with Crippen LogP contribution in [0.15, 0.2) is 12.3 Å². The molecule has 4 heteroatoms. The van der Waals surface area contributed by atoms with E-state index in [0.29, 0.717) is 12.2 Å². The van der Waals surface area contributed by atoms with Crippen LogP contribution in [0.4, 0.5) is 0 Å². The number of carbonyl (C=O) groups excluding carboxylic acids is 1. The summed E-state index contributed by atoms with van der Waals surface area (Å²) in [4.78, 5) is 14.8. The lowest BCUT2D eigenvalue weighted by atomic mass is 9.73. The first-order chi connectivity index (χ1) is 9.02. The normalized spacial score (nSPS) is 17.5. The van der Waals surface area contributed by atoms with E-state index >= 15 is 0 Å². The maximum absolute atomic E-state index is 12.4. The molecule has 0 aliphatic heterocycles. The zero-order valence-corrected chi connectivity index (χ0v) is 12.4. The minimum atomic E-state index is 0.0568. The first kappa shape index (κ1) is 12.6. The Morgan fingerprint density at radius 2 is 2.21 bits per heavy atom. The Balaban J connectivity index is 2.21. The number of ketones is 1. The Kier molecular flexibility index (Phi) is 2.86. The van der Waals surface area contributed by atoms with Gasteiger partial charge in [-0.2, -0.15) is 5.10 Å². The average Bonchev–Trinajstić information content (AvgIpc) is 2.93. The number of carbonyl (C=O) groups is 1. The maximum Gasteiger partial charge on any atom is 0.164 e. The molecular weight excluding hydrogens is 256 g/mol. The second-order valence-electron chi connectivity index (χ2n) is 5.96. The van der Waals surface area contributed by atoms with Gasteiger partial charge in [-0.1, -0.05) is 20.8 Å². The number of rotatable bonds is 2. The van der Waals surface area contributed by atoms with Gasteiger partial charge in [0, 0.05) is 23.1 Å². The first-order valence-corrected chi connectivity index (χ1v) is 7.51. The molecule has 3 nitrogen and oxygen atoms in total. The van der Waals surface area contributed by atoms with Crippen molar-refractivity contribution in [3.05, 3.63) is 28.3 Å². The van der Waals surface area contributed by atoms with E-state index in [2.05, 4.69) is 31.0 Å². The van der Waals surface area contributed by atoms with Crippen LogP contribution in [-0.2, 0) is 12.8 Å². The van der Waals surface area contributed by atoms with Crippen molar-refractivity contribution in [3.63, 3.8) is 0 Å². The van der Waals surface area contributed by atoms with E-state index in [9.17, 15) is 4.79 Å². The van der Waals surface area contributed by atoms with E-state index in [0.717, 1.165) is 24.1 Å². The third-order valence-electron chi connectivity index (χ3n) is 3.71. The molecule has 0 fully saturated rings. The van der Waals surface area contributed by atoms with Crippen LogP contribution >= 0.6 is 11.3 Å². The Labute approximate surface area is 117 Å². The molecule has 2 aromatic heterocycles. The summed E-state index contributed by atoms with van der Waals surface area (Å²) in [5.74, 6) is 0.307. The van der Waals surface area contributed by atoms with Crippen molar-refractivity contribution in [3.8, 4) is 10.6 Å². The number of aromatic nitrogens is 2. The van der Waals surface area contributed by atoms with E-state index in [4.69, 9.17) is 0 Å². The summed E-state index contributed by atoms with van der Waals surface area (Å²) in [6.45, 7) is 6.46. The van der Waals surface area contributed by atoms with Gasteiger partial charge < -0.3 is 0 Å².